The first-order chi connectivity index (χ1) is 11.0. The molecule has 1 heterocycles. The summed E-state index contributed by atoms with van der Waals surface area (Å²) in [6, 6.07) is 9.23. The van der Waals surface area contributed by atoms with E-state index in [9.17, 15) is 19.7 Å². The van der Waals surface area contributed by atoms with E-state index in [-0.39, 0.29) is 5.69 Å². The predicted molar refractivity (Wildman–Crippen MR) is 80.5 cm³/mol. The van der Waals surface area contributed by atoms with Crippen LogP contribution in [0.15, 0.2) is 46.9 Å². The number of nitro benzene ring substituents is 1. The Morgan fingerprint density at radius 1 is 1.26 bits per heavy atom. The van der Waals surface area contributed by atoms with Crippen molar-refractivity contribution in [2.45, 2.75) is 0 Å². The highest BCUT2D eigenvalue weighted by molar-refractivity contribution is 5.93. The van der Waals surface area contributed by atoms with Crippen LogP contribution in [-0.4, -0.2) is 28.5 Å². The van der Waals surface area contributed by atoms with E-state index in [0.717, 1.165) is 6.08 Å². The zero-order valence-corrected chi connectivity index (χ0v) is 11.8. The standard InChI is InChI=1S/C15H12N2O6/c18-14(16-9-15(19)20)8-6-10-5-7-13(23-10)11-3-1-2-4-12(11)17(21)22/h1-8H,9H2,(H,16,18)(H,19,20)/b8-6+. The minimum absolute atomic E-state index is 0.0865. The zero-order valence-electron chi connectivity index (χ0n) is 11.8. The van der Waals surface area contributed by atoms with Crippen LogP contribution >= 0.6 is 0 Å². The number of rotatable bonds is 6. The maximum Gasteiger partial charge on any atom is 0.322 e. The van der Waals surface area contributed by atoms with Crippen LogP contribution < -0.4 is 5.32 Å². The fourth-order valence-corrected chi connectivity index (χ4v) is 1.81. The van der Waals surface area contributed by atoms with Crippen LogP contribution in [0, 0.1) is 10.1 Å². The van der Waals surface area contributed by atoms with Gasteiger partial charge in [-0.3, -0.25) is 19.7 Å². The fraction of sp³-hybridized carbons (Fsp3) is 0.0667. The molecule has 0 fully saturated rings. The summed E-state index contributed by atoms with van der Waals surface area (Å²) >= 11 is 0. The lowest BCUT2D eigenvalue weighted by molar-refractivity contribution is -0.384. The van der Waals surface area contributed by atoms with Gasteiger partial charge in [0.25, 0.3) is 5.69 Å². The molecule has 2 aromatic rings. The van der Waals surface area contributed by atoms with Gasteiger partial charge in [0.05, 0.1) is 10.5 Å². The SMILES string of the molecule is O=C(O)CNC(=O)/C=C/c1ccc(-c2ccccc2[N+](=O)[O-])o1. The quantitative estimate of drug-likeness (QED) is 0.478. The maximum atomic E-state index is 11.3. The number of aliphatic carboxylic acids is 1. The molecule has 0 saturated heterocycles. The van der Waals surface area contributed by atoms with Crippen LogP contribution in [0.5, 0.6) is 0 Å². The minimum atomic E-state index is -1.15. The number of nitrogens with zero attached hydrogens (tertiary/aromatic N) is 1. The number of nitro groups is 1. The molecule has 23 heavy (non-hydrogen) atoms. The summed E-state index contributed by atoms with van der Waals surface area (Å²) in [5, 5.41) is 21.6. The Morgan fingerprint density at radius 3 is 2.70 bits per heavy atom. The Kier molecular flexibility index (Phi) is 4.88. The molecule has 0 saturated carbocycles. The number of furan rings is 1. The lowest BCUT2D eigenvalue weighted by Gasteiger charge is -1.98. The summed E-state index contributed by atoms with van der Waals surface area (Å²) in [4.78, 5) is 32.1. The molecular weight excluding hydrogens is 304 g/mol. The Labute approximate surface area is 130 Å². The lowest BCUT2D eigenvalue weighted by Crippen LogP contribution is -2.27. The Balaban J connectivity index is 2.14. The molecule has 1 aromatic heterocycles. The number of amides is 1. The number of carboxylic acid groups (broad SMARTS) is 1. The van der Waals surface area contributed by atoms with Crippen LogP contribution in [0.4, 0.5) is 5.69 Å². The van der Waals surface area contributed by atoms with Crippen molar-refractivity contribution in [3.8, 4) is 11.3 Å². The highest BCUT2D eigenvalue weighted by Gasteiger charge is 2.16. The molecule has 1 aromatic carbocycles. The Morgan fingerprint density at radius 2 is 2.00 bits per heavy atom. The molecule has 0 aliphatic heterocycles. The van der Waals surface area contributed by atoms with Gasteiger partial charge in [0.15, 0.2) is 0 Å². The predicted octanol–water partition coefficient (Wildman–Crippen LogP) is 2.07. The molecule has 0 bridgehead atoms. The van der Waals surface area contributed by atoms with Crippen molar-refractivity contribution >= 4 is 23.6 Å². The van der Waals surface area contributed by atoms with Crippen molar-refractivity contribution in [3.05, 3.63) is 58.3 Å². The van der Waals surface area contributed by atoms with E-state index in [1.807, 2.05) is 0 Å². The number of carboxylic acids is 1. The molecule has 0 radical (unpaired) electrons. The number of nitrogens with one attached hydrogen (secondary N) is 1. The number of hydrogen-bond acceptors (Lipinski definition) is 5. The second-order valence-corrected chi connectivity index (χ2v) is 4.42. The first-order valence-corrected chi connectivity index (χ1v) is 6.48. The monoisotopic (exact) mass is 316 g/mol. The number of benzene rings is 1. The van der Waals surface area contributed by atoms with Crippen LogP contribution in [0.3, 0.4) is 0 Å². The zero-order chi connectivity index (χ0) is 16.8. The average Bonchev–Trinajstić information content (AvgIpc) is 2.99. The third-order valence-electron chi connectivity index (χ3n) is 2.81. The van der Waals surface area contributed by atoms with Crippen LogP contribution in [0.1, 0.15) is 5.76 Å². The number of carbonyl (C=O) groups is 2. The highest BCUT2D eigenvalue weighted by Crippen LogP contribution is 2.30. The molecular formula is C15H12N2O6. The van der Waals surface area contributed by atoms with Gasteiger partial charge in [0, 0.05) is 12.1 Å². The van der Waals surface area contributed by atoms with Crippen LogP contribution in [0.2, 0.25) is 0 Å². The van der Waals surface area contributed by atoms with E-state index in [2.05, 4.69) is 5.32 Å². The van der Waals surface area contributed by atoms with Gasteiger partial charge in [0.1, 0.15) is 18.1 Å². The van der Waals surface area contributed by atoms with Crippen molar-refractivity contribution < 1.29 is 24.0 Å². The number of carbonyl (C=O) groups excluding carboxylic acids is 1. The molecule has 118 valence electrons. The average molecular weight is 316 g/mol. The molecule has 0 atom stereocenters. The molecule has 2 N–H and O–H groups in total. The molecule has 0 spiro atoms. The van der Waals surface area contributed by atoms with Gasteiger partial charge in [-0.2, -0.15) is 0 Å². The van der Waals surface area contributed by atoms with E-state index in [1.165, 1.54) is 12.1 Å². The summed E-state index contributed by atoms with van der Waals surface area (Å²) in [5.41, 5.74) is 0.240. The van der Waals surface area contributed by atoms with E-state index < -0.39 is 23.3 Å². The molecule has 0 aliphatic rings. The summed E-state index contributed by atoms with van der Waals surface area (Å²) in [7, 11) is 0. The van der Waals surface area contributed by atoms with E-state index in [4.69, 9.17) is 9.52 Å². The topological polar surface area (TPSA) is 123 Å². The number of para-hydroxylation sites is 1. The molecule has 1 amide bonds. The van der Waals surface area contributed by atoms with Crippen molar-refractivity contribution in [1.29, 1.82) is 0 Å². The largest absolute Gasteiger partial charge is 0.480 e. The second kappa shape index (κ2) is 7.03. The van der Waals surface area contributed by atoms with E-state index >= 15 is 0 Å². The summed E-state index contributed by atoms with van der Waals surface area (Å²) in [5.74, 6) is -1.13. The molecule has 0 aliphatic carbocycles. The van der Waals surface area contributed by atoms with Gasteiger partial charge in [-0.15, -0.1) is 0 Å². The lowest BCUT2D eigenvalue weighted by atomic mass is 10.1. The van der Waals surface area contributed by atoms with Gasteiger partial charge >= 0.3 is 5.97 Å². The summed E-state index contributed by atoms with van der Waals surface area (Å²) < 4.78 is 5.45. The first kappa shape index (κ1) is 16.0. The van der Waals surface area contributed by atoms with Gasteiger partial charge in [-0.25, -0.2) is 0 Å². The highest BCUT2D eigenvalue weighted by atomic mass is 16.6. The van der Waals surface area contributed by atoms with E-state index in [0.29, 0.717) is 17.1 Å². The summed E-state index contributed by atoms with van der Waals surface area (Å²) in [6.07, 6.45) is 2.46. The summed E-state index contributed by atoms with van der Waals surface area (Å²) in [6.45, 7) is -0.483. The van der Waals surface area contributed by atoms with Crippen LogP contribution in [-0.2, 0) is 9.59 Å². The van der Waals surface area contributed by atoms with Gasteiger partial charge in [-0.1, -0.05) is 12.1 Å². The fourth-order valence-electron chi connectivity index (χ4n) is 1.81. The molecule has 0 unspecified atom stereocenters. The number of hydrogen-bond donors (Lipinski definition) is 2. The van der Waals surface area contributed by atoms with Crippen molar-refractivity contribution in [2.75, 3.05) is 6.54 Å². The van der Waals surface area contributed by atoms with Gasteiger partial charge in [-0.05, 0) is 24.3 Å². The van der Waals surface area contributed by atoms with Crippen molar-refractivity contribution in [2.24, 2.45) is 0 Å². The van der Waals surface area contributed by atoms with Crippen molar-refractivity contribution in [3.63, 3.8) is 0 Å². The molecule has 8 nitrogen and oxygen atoms in total. The minimum Gasteiger partial charge on any atom is -0.480 e. The Hall–Kier alpha value is -3.42. The normalized spacial score (nSPS) is 10.6. The van der Waals surface area contributed by atoms with Crippen LogP contribution in [0.25, 0.3) is 17.4 Å². The Bertz CT molecular complexity index is 778. The maximum absolute atomic E-state index is 11.3. The second-order valence-electron chi connectivity index (χ2n) is 4.42. The van der Waals surface area contributed by atoms with Gasteiger partial charge < -0.3 is 14.8 Å². The van der Waals surface area contributed by atoms with Gasteiger partial charge in [0.2, 0.25) is 5.91 Å². The third kappa shape index (κ3) is 4.27. The van der Waals surface area contributed by atoms with E-state index in [1.54, 1.807) is 30.3 Å². The van der Waals surface area contributed by atoms with Crippen molar-refractivity contribution in [1.82, 2.24) is 5.32 Å². The smallest absolute Gasteiger partial charge is 0.322 e. The molecule has 2 rings (SSSR count). The third-order valence-corrected chi connectivity index (χ3v) is 2.81. The molecule has 8 heteroatoms. The first-order valence-electron chi connectivity index (χ1n) is 6.48.